The Morgan fingerprint density at radius 2 is 2.25 bits per heavy atom. The van der Waals surface area contributed by atoms with Gasteiger partial charge in [0.05, 0.1) is 10.6 Å². The SMILES string of the molecule is O=[N+]([O-])c1cc(-n2cnnn2)c(Br)cc1F. The van der Waals surface area contributed by atoms with Crippen molar-refractivity contribution in [3.8, 4) is 5.69 Å². The Labute approximate surface area is 96.2 Å². The highest BCUT2D eigenvalue weighted by Gasteiger charge is 2.18. The molecule has 0 unspecified atom stereocenters. The minimum atomic E-state index is -0.923. The van der Waals surface area contributed by atoms with Crippen molar-refractivity contribution in [1.82, 2.24) is 20.2 Å². The molecule has 0 saturated carbocycles. The summed E-state index contributed by atoms with van der Waals surface area (Å²) in [6.07, 6.45) is 1.25. The first-order valence-electron chi connectivity index (χ1n) is 3.96. The molecule has 0 spiro atoms. The largest absolute Gasteiger partial charge is 0.307 e. The van der Waals surface area contributed by atoms with Crippen LogP contribution in [0.1, 0.15) is 0 Å². The zero-order valence-electron chi connectivity index (χ0n) is 7.54. The molecule has 2 rings (SSSR count). The van der Waals surface area contributed by atoms with E-state index < -0.39 is 16.4 Å². The Hall–Kier alpha value is -1.90. The first-order valence-corrected chi connectivity index (χ1v) is 4.75. The van der Waals surface area contributed by atoms with Crippen molar-refractivity contribution in [3.63, 3.8) is 0 Å². The van der Waals surface area contributed by atoms with Gasteiger partial charge in [-0.2, -0.15) is 9.07 Å². The van der Waals surface area contributed by atoms with Crippen molar-refractivity contribution < 1.29 is 9.31 Å². The number of nitrogens with zero attached hydrogens (tertiary/aromatic N) is 5. The molecule has 0 saturated heterocycles. The Morgan fingerprint density at radius 1 is 1.50 bits per heavy atom. The molecule has 0 bridgehead atoms. The van der Waals surface area contributed by atoms with Gasteiger partial charge < -0.3 is 0 Å². The summed E-state index contributed by atoms with van der Waals surface area (Å²) >= 11 is 3.07. The van der Waals surface area contributed by atoms with Crippen LogP contribution >= 0.6 is 15.9 Å². The number of hydrogen-bond acceptors (Lipinski definition) is 5. The van der Waals surface area contributed by atoms with Gasteiger partial charge in [-0.1, -0.05) is 0 Å². The van der Waals surface area contributed by atoms with Crippen molar-refractivity contribution in [2.45, 2.75) is 0 Å². The lowest BCUT2D eigenvalue weighted by atomic mass is 10.2. The third kappa shape index (κ3) is 1.76. The molecule has 9 heteroatoms. The van der Waals surface area contributed by atoms with Gasteiger partial charge in [0, 0.05) is 10.5 Å². The van der Waals surface area contributed by atoms with E-state index in [2.05, 4.69) is 31.5 Å². The number of hydrogen-bond donors (Lipinski definition) is 0. The Kier molecular flexibility index (Phi) is 2.60. The standard InChI is InChI=1S/C7H3BrFN5O2/c8-4-1-5(9)7(14(15)16)2-6(4)13-3-10-11-12-13/h1-3H. The number of rotatable bonds is 2. The molecule has 82 valence electrons. The topological polar surface area (TPSA) is 86.7 Å². The summed E-state index contributed by atoms with van der Waals surface area (Å²) in [5, 5.41) is 20.9. The first kappa shape index (κ1) is 10.6. The third-order valence-corrected chi connectivity index (χ3v) is 2.44. The Balaban J connectivity index is 2.63. The molecule has 0 aliphatic heterocycles. The van der Waals surface area contributed by atoms with Crippen LogP contribution < -0.4 is 0 Å². The van der Waals surface area contributed by atoms with Gasteiger partial charge in [0.2, 0.25) is 5.82 Å². The van der Waals surface area contributed by atoms with Crippen LogP contribution in [0.25, 0.3) is 5.69 Å². The van der Waals surface area contributed by atoms with Crippen LogP contribution in [0.15, 0.2) is 22.9 Å². The normalized spacial score (nSPS) is 10.4. The lowest BCUT2D eigenvalue weighted by Gasteiger charge is -2.03. The molecule has 1 aromatic heterocycles. The van der Waals surface area contributed by atoms with Crippen LogP contribution in [0, 0.1) is 15.9 Å². The highest BCUT2D eigenvalue weighted by molar-refractivity contribution is 9.10. The van der Waals surface area contributed by atoms with Gasteiger partial charge in [-0.3, -0.25) is 10.1 Å². The number of aromatic nitrogens is 4. The van der Waals surface area contributed by atoms with E-state index in [0.29, 0.717) is 4.47 Å². The number of halogens is 2. The lowest BCUT2D eigenvalue weighted by Crippen LogP contribution is -2.00. The minimum absolute atomic E-state index is 0.290. The van der Waals surface area contributed by atoms with Crippen LogP contribution in [0.5, 0.6) is 0 Å². The highest BCUT2D eigenvalue weighted by Crippen LogP contribution is 2.28. The molecule has 0 atom stereocenters. The van der Waals surface area contributed by atoms with Gasteiger partial charge >= 0.3 is 5.69 Å². The zero-order chi connectivity index (χ0) is 11.7. The molecule has 16 heavy (non-hydrogen) atoms. The number of nitro groups is 1. The van der Waals surface area contributed by atoms with E-state index in [-0.39, 0.29) is 5.69 Å². The van der Waals surface area contributed by atoms with E-state index in [1.54, 1.807) is 0 Å². The maximum Gasteiger partial charge on any atom is 0.307 e. The van der Waals surface area contributed by atoms with Gasteiger partial charge in [-0.25, -0.2) is 0 Å². The summed E-state index contributed by atoms with van der Waals surface area (Å²) in [5.41, 5.74) is -0.341. The summed E-state index contributed by atoms with van der Waals surface area (Å²) in [5.74, 6) is -0.923. The molecule has 0 N–H and O–H groups in total. The minimum Gasteiger partial charge on any atom is -0.258 e. The molecule has 7 nitrogen and oxygen atoms in total. The van der Waals surface area contributed by atoms with Crippen LogP contribution in [0.4, 0.5) is 10.1 Å². The summed E-state index contributed by atoms with van der Waals surface area (Å²) < 4.78 is 14.7. The molecule has 0 amide bonds. The highest BCUT2D eigenvalue weighted by atomic mass is 79.9. The Morgan fingerprint density at radius 3 is 2.81 bits per heavy atom. The van der Waals surface area contributed by atoms with Gasteiger partial charge in [0.1, 0.15) is 6.33 Å². The van der Waals surface area contributed by atoms with E-state index in [4.69, 9.17) is 0 Å². The predicted octanol–water partition coefficient (Wildman–Crippen LogP) is 1.47. The molecular weight excluding hydrogens is 285 g/mol. The maximum absolute atomic E-state index is 13.2. The van der Waals surface area contributed by atoms with E-state index in [1.807, 2.05) is 0 Å². The fourth-order valence-corrected chi connectivity index (χ4v) is 1.61. The van der Waals surface area contributed by atoms with Crippen molar-refractivity contribution in [3.05, 3.63) is 38.9 Å². The van der Waals surface area contributed by atoms with Gasteiger partial charge in [-0.05, 0) is 32.4 Å². The van der Waals surface area contributed by atoms with Gasteiger partial charge in [-0.15, -0.1) is 5.10 Å². The van der Waals surface area contributed by atoms with Gasteiger partial charge in [0.15, 0.2) is 0 Å². The third-order valence-electron chi connectivity index (χ3n) is 1.81. The van der Waals surface area contributed by atoms with Crippen molar-refractivity contribution in [2.24, 2.45) is 0 Å². The second-order valence-corrected chi connectivity index (χ2v) is 3.62. The monoisotopic (exact) mass is 287 g/mol. The van der Waals surface area contributed by atoms with Crippen LogP contribution in [-0.4, -0.2) is 25.1 Å². The van der Waals surface area contributed by atoms with E-state index >= 15 is 0 Å². The first-order chi connectivity index (χ1) is 7.59. The predicted molar refractivity (Wildman–Crippen MR) is 53.5 cm³/mol. The summed E-state index contributed by atoms with van der Waals surface area (Å²) in [6, 6.07) is 2.05. The number of nitro benzene ring substituents is 1. The molecular formula is C7H3BrFN5O2. The average molecular weight is 288 g/mol. The second-order valence-electron chi connectivity index (χ2n) is 2.77. The second kappa shape index (κ2) is 3.93. The molecule has 1 heterocycles. The van der Waals surface area contributed by atoms with Crippen LogP contribution in [0.2, 0.25) is 0 Å². The zero-order valence-corrected chi connectivity index (χ0v) is 9.13. The van der Waals surface area contributed by atoms with E-state index in [1.165, 1.54) is 11.0 Å². The molecule has 0 aliphatic rings. The van der Waals surface area contributed by atoms with Gasteiger partial charge in [0.25, 0.3) is 0 Å². The number of benzene rings is 1. The van der Waals surface area contributed by atoms with E-state index in [0.717, 1.165) is 12.1 Å². The fourth-order valence-electron chi connectivity index (χ4n) is 1.11. The average Bonchev–Trinajstić information content (AvgIpc) is 2.70. The van der Waals surface area contributed by atoms with Crippen LogP contribution in [-0.2, 0) is 0 Å². The maximum atomic E-state index is 13.2. The summed E-state index contributed by atoms with van der Waals surface area (Å²) in [4.78, 5) is 9.73. The smallest absolute Gasteiger partial charge is 0.258 e. The Bertz CT molecular complexity index is 544. The summed E-state index contributed by atoms with van der Waals surface area (Å²) in [6.45, 7) is 0. The fraction of sp³-hybridized carbons (Fsp3) is 0. The summed E-state index contributed by atoms with van der Waals surface area (Å²) in [7, 11) is 0. The quantitative estimate of drug-likeness (QED) is 0.617. The molecule has 1 aromatic carbocycles. The van der Waals surface area contributed by atoms with Crippen LogP contribution in [0.3, 0.4) is 0 Å². The lowest BCUT2D eigenvalue weighted by molar-refractivity contribution is -0.387. The molecule has 0 aliphatic carbocycles. The number of tetrazole rings is 1. The van der Waals surface area contributed by atoms with Crippen molar-refractivity contribution >= 4 is 21.6 Å². The van der Waals surface area contributed by atoms with Crippen molar-refractivity contribution in [1.29, 1.82) is 0 Å². The van der Waals surface area contributed by atoms with Crippen molar-refractivity contribution in [2.75, 3.05) is 0 Å². The van der Waals surface area contributed by atoms with E-state index in [9.17, 15) is 14.5 Å². The molecule has 0 radical (unpaired) electrons. The molecule has 2 aromatic rings. The molecule has 0 fully saturated rings.